The fraction of sp³-hybridized carbons (Fsp3) is 0.545. The van der Waals surface area contributed by atoms with E-state index in [0.29, 0.717) is 28.3 Å². The number of nitrogens with one attached hydrogen (secondary N) is 11. The van der Waals surface area contributed by atoms with Gasteiger partial charge in [0.2, 0.25) is 47.3 Å². The van der Waals surface area contributed by atoms with Crippen LogP contribution in [0.1, 0.15) is 149 Å². The minimum atomic E-state index is -2.10. The predicted molar refractivity (Wildman–Crippen MR) is 518 cm³/mol. The van der Waals surface area contributed by atoms with Gasteiger partial charge in [0.25, 0.3) is 17.4 Å². The third-order valence-corrected chi connectivity index (χ3v) is 24.9. The van der Waals surface area contributed by atoms with Gasteiger partial charge in [0.1, 0.15) is 78.8 Å². The smallest absolute Gasteiger partial charge is 0.327 e. The molecule has 816 valence electrons. The number of aliphatic hydroxyl groups excluding tert-OH is 15. The van der Waals surface area contributed by atoms with E-state index in [1.54, 1.807) is 12.1 Å². The van der Waals surface area contributed by atoms with Gasteiger partial charge >= 0.3 is 29.8 Å². The monoisotopic (exact) mass is 2130 g/mol. The zero-order chi connectivity index (χ0) is 110. The average molecular weight is 2130 g/mol. The number of nitrogens with two attached hydrogens (primary N) is 3. The number of carbonyl (C=O) groups is 16. The maximum atomic E-state index is 14.3. The number of rotatable bonds is 68. The zero-order valence-electron chi connectivity index (χ0n) is 79.8. The van der Waals surface area contributed by atoms with E-state index >= 15 is 0 Å². The Hall–Kier alpha value is -13.7. The lowest BCUT2D eigenvalue weighted by Gasteiger charge is -2.26. The fourth-order valence-electron chi connectivity index (χ4n) is 13.6. The minimum Gasteiger partial charge on any atom is -0.481 e. The molecule has 58 nitrogen and oxygen atoms in total. The highest BCUT2D eigenvalue weighted by Crippen LogP contribution is 2.27. The standard InChI is InChI=1S/C55H79N11O25.C33H46N10O12S2/c1-2-34(70)31(11-15-42(78)79)62-52(88)27(6-14-41(77)59-22-37(73)46(83)48(85)39(75)24-68)18-35(71)32(12-16-43(80)81)63-51(87)26(5-13-40(76)58-21-36(72)45(82)47(84)38(74)23-67)17-30(69)9-10-33(54(90)91)64-50(86)25-3-7-28(8-4-25)57-19-29-20-60-49-44(61-29)53(89)66-55(56)65-49;1-15(2-7-23(47)37-12-21(45)25(48)26(49)22(46)13-44)29(50)41-20(32(54)55)14-57-56-9-8-19(31(52)53)40-30(51)16-3-5-17(6-4-16)36-10-18-11-38-28-24(39-18)27(34)42-33(35)43-28/h3-4,7-8,20,26-27,31-33,36-39,45-48,57,67-68,72-75,82-85H,2,5-6,9-19,21-24H2,1H3,(H,58,76)(H,59,77)(H,62,88)(H,63,87)(H,64,86)(H,78,79)(H,80,81)(H,90,91)(H3,56,60,65,66,89);3-6,11,15,19-22,25-26,36,44-46,48-49H,2,7-10,12-14H2,1H3,(H,37,47)(H,40,51)(H,41,50)(H,52,53)(H,54,55)(H4,34,35,38,42,43)/t26-,27-,31+,32+,33+,36+,37+,38-,39-,45-,46-,47-,48-;15-,19-,20?,21-,22+,25+,26+/m10/s1. The number of carbonyl (C=O) groups excluding carboxylic acids is 11. The molecule has 4 aromatic heterocycles. The van der Waals surface area contributed by atoms with Gasteiger partial charge in [-0.1, -0.05) is 35.4 Å². The number of hydrogen-bond donors (Lipinski definition) is 34. The van der Waals surface area contributed by atoms with Crippen molar-refractivity contribution in [3.05, 3.63) is 93.8 Å². The minimum absolute atomic E-state index is 0.00497. The fourth-order valence-corrected chi connectivity index (χ4v) is 15.8. The first kappa shape index (κ1) is 125. The maximum absolute atomic E-state index is 14.3. The number of anilines is 5. The molecule has 0 saturated carbocycles. The van der Waals surface area contributed by atoms with E-state index in [0.717, 1.165) is 21.6 Å². The number of fused-ring (bicyclic) bond motifs is 2. The van der Waals surface area contributed by atoms with E-state index in [4.69, 9.17) is 32.5 Å². The van der Waals surface area contributed by atoms with E-state index in [1.165, 1.54) is 62.6 Å². The number of H-pyrrole nitrogens is 1. The van der Waals surface area contributed by atoms with Gasteiger partial charge in [-0.25, -0.2) is 34.3 Å². The van der Waals surface area contributed by atoms with Crippen LogP contribution in [-0.2, 0) is 80.2 Å². The first-order chi connectivity index (χ1) is 69.9. The lowest BCUT2D eigenvalue weighted by Crippen LogP contribution is -2.49. The van der Waals surface area contributed by atoms with Crippen molar-refractivity contribution in [3.63, 3.8) is 0 Å². The van der Waals surface area contributed by atoms with E-state index in [2.05, 4.69) is 93.0 Å². The summed E-state index contributed by atoms with van der Waals surface area (Å²) in [4.78, 5) is 249. The Morgan fingerprint density at radius 3 is 1.21 bits per heavy atom. The van der Waals surface area contributed by atoms with Crippen molar-refractivity contribution in [1.82, 2.24) is 82.4 Å². The van der Waals surface area contributed by atoms with Crippen LogP contribution >= 0.6 is 21.6 Å². The molecule has 0 saturated heterocycles. The molecule has 0 aliphatic heterocycles. The number of Topliss-reactive ketones (excluding diaryl/α,β-unsaturated/α-hetero) is 3. The van der Waals surface area contributed by atoms with Crippen LogP contribution in [0.2, 0.25) is 0 Å². The Labute approximate surface area is 848 Å². The SMILES string of the molecule is CCC(=O)[C@H](CCC(=O)O)NC(=O)[C@H](CCC(=O)NC[C@H](O)[C@@H](O)[C@H](O)[C@H](O)CO)CC(=O)[C@H](CCC(=O)O)NC(=O)[C@H](CCC(=O)NC[C@H](O)[C@@H](O)[C@H](O)[C@H](O)CO)CC(=O)CC[C@H](NC(=O)c1ccc(NCc2cnc3nc(N)[nH]c(=O)c3n2)cc1)C(=O)O.C[C@@H](CCC(=O)NC[C@H](O)[C@@H](O)[C@H](O)[C@H](O)CO)C(=O)NC(CSSCC[C@H](NC(=O)c1ccc(NCc2cnc3nc(N)nc(N)c3n2)cc1)C(=O)O)C(=O)O. The Kier molecular flexibility index (Phi) is 53.2. The van der Waals surface area contributed by atoms with Crippen LogP contribution in [0.5, 0.6) is 0 Å². The van der Waals surface area contributed by atoms with Crippen LogP contribution in [0.25, 0.3) is 22.3 Å². The van der Waals surface area contributed by atoms with E-state index < -0.39 is 338 Å². The first-order valence-electron chi connectivity index (χ1n) is 45.9. The number of aromatic nitrogens is 8. The van der Waals surface area contributed by atoms with Crippen molar-refractivity contribution < 1.29 is 179 Å². The molecule has 60 heteroatoms. The number of ketones is 3. The second-order valence-corrected chi connectivity index (χ2v) is 36.5. The lowest BCUT2D eigenvalue weighted by molar-refractivity contribution is -0.142. The Morgan fingerprint density at radius 2 is 0.791 bits per heavy atom. The van der Waals surface area contributed by atoms with Crippen molar-refractivity contribution in [3.8, 4) is 0 Å². The number of carboxylic acids is 5. The second-order valence-electron chi connectivity index (χ2n) is 33.8. The Bertz CT molecular complexity index is 5540. The van der Waals surface area contributed by atoms with Gasteiger partial charge in [-0.2, -0.15) is 15.0 Å². The molecule has 37 N–H and O–H groups in total. The largest absolute Gasteiger partial charge is 0.481 e. The van der Waals surface area contributed by atoms with Crippen molar-refractivity contribution in [2.75, 3.05) is 78.8 Å². The molecule has 0 spiro atoms. The molecule has 0 aliphatic carbocycles. The molecular formula is C88H125N21O37S2. The number of hydrogen-bond acceptors (Lipinski definition) is 46. The van der Waals surface area contributed by atoms with Crippen LogP contribution in [0.3, 0.4) is 0 Å². The maximum Gasteiger partial charge on any atom is 0.327 e. The molecule has 0 radical (unpaired) electrons. The second kappa shape index (κ2) is 63.1. The van der Waals surface area contributed by atoms with Gasteiger partial charge in [-0.05, 0) is 93.5 Å². The molecule has 148 heavy (non-hydrogen) atoms. The summed E-state index contributed by atoms with van der Waals surface area (Å²) in [6, 6.07) is 4.36. The van der Waals surface area contributed by atoms with Gasteiger partial charge in [0.05, 0.1) is 87.1 Å². The number of amides is 8. The molecule has 6 aromatic rings. The summed E-state index contributed by atoms with van der Waals surface area (Å²) >= 11 is 0. The Morgan fingerprint density at radius 1 is 0.405 bits per heavy atom. The average Bonchev–Trinajstić information content (AvgIpc) is 0.811. The van der Waals surface area contributed by atoms with E-state index in [-0.39, 0.29) is 95.9 Å². The van der Waals surface area contributed by atoms with E-state index in [9.17, 15) is 168 Å². The van der Waals surface area contributed by atoms with Gasteiger partial charge < -0.3 is 172 Å². The first-order valence-corrected chi connectivity index (χ1v) is 48.4. The van der Waals surface area contributed by atoms with Gasteiger partial charge in [-0.3, -0.25) is 72.1 Å². The number of carboxylic acid groups (broad SMARTS) is 5. The molecule has 20 atom stereocenters. The number of nitrogen functional groups attached to an aromatic ring is 3. The highest BCUT2D eigenvalue weighted by molar-refractivity contribution is 8.76. The topological polar surface area (TPSA) is 999 Å². The van der Waals surface area contributed by atoms with Crippen molar-refractivity contribution in [1.29, 1.82) is 0 Å². The number of benzene rings is 2. The number of nitrogens with zero attached hydrogens (tertiary/aromatic N) is 7. The molecule has 8 amide bonds. The molecule has 0 aliphatic rings. The highest BCUT2D eigenvalue weighted by Gasteiger charge is 2.38. The molecular weight excluding hydrogens is 2010 g/mol. The quantitative estimate of drug-likeness (QED) is 0.0125. The van der Waals surface area contributed by atoms with Crippen LogP contribution in [0.4, 0.5) is 29.1 Å². The summed E-state index contributed by atoms with van der Waals surface area (Å²) in [6.07, 6.45) is -28.6. The summed E-state index contributed by atoms with van der Waals surface area (Å²) in [5.74, 6) is -20.5. The third kappa shape index (κ3) is 42.6. The summed E-state index contributed by atoms with van der Waals surface area (Å²) in [5, 5.41) is 219. The molecule has 2 aromatic carbocycles. The third-order valence-electron chi connectivity index (χ3n) is 22.5. The summed E-state index contributed by atoms with van der Waals surface area (Å²) in [5.41, 5.74) is 19.0. The molecule has 0 bridgehead atoms. The summed E-state index contributed by atoms with van der Waals surface area (Å²) < 4.78 is 0. The van der Waals surface area contributed by atoms with Crippen LogP contribution in [0, 0.1) is 17.8 Å². The van der Waals surface area contributed by atoms with Crippen LogP contribution in [-0.4, -0.2) is 391 Å². The summed E-state index contributed by atoms with van der Waals surface area (Å²) in [6.45, 7) is -1.72. The number of aliphatic hydroxyl groups is 15. The van der Waals surface area contributed by atoms with E-state index in [1.807, 2.05) is 0 Å². The predicted octanol–water partition coefficient (Wildman–Crippen LogP) is -8.95. The highest BCUT2D eigenvalue weighted by atomic mass is 33.1. The molecule has 0 fully saturated rings. The normalized spacial score (nSPS) is 15.4. The molecule has 1 unspecified atom stereocenters. The van der Waals surface area contributed by atoms with Crippen molar-refractivity contribution in [2.24, 2.45) is 17.8 Å². The van der Waals surface area contributed by atoms with Crippen LogP contribution in [0.15, 0.2) is 65.7 Å². The Balaban J connectivity index is 0.000000578. The van der Waals surface area contributed by atoms with Gasteiger partial charge in [0, 0.05) is 129 Å². The lowest BCUT2D eigenvalue weighted by atomic mass is 9.89. The van der Waals surface area contributed by atoms with Gasteiger partial charge in [0.15, 0.2) is 39.7 Å². The van der Waals surface area contributed by atoms with Crippen molar-refractivity contribution in [2.45, 2.75) is 233 Å². The van der Waals surface area contributed by atoms with Gasteiger partial charge in [-0.15, -0.1) is 0 Å². The summed E-state index contributed by atoms with van der Waals surface area (Å²) in [7, 11) is 2.24. The zero-order valence-corrected chi connectivity index (χ0v) is 81.4. The molecule has 6 rings (SSSR count). The van der Waals surface area contributed by atoms with Crippen molar-refractivity contribution >= 4 is 167 Å². The molecule has 4 heterocycles. The van der Waals surface area contributed by atoms with Crippen LogP contribution < -0.4 is 75.9 Å². The number of aliphatic carboxylic acids is 5. The number of aromatic amines is 1.